The lowest BCUT2D eigenvalue weighted by molar-refractivity contribution is -0.141. The summed E-state index contributed by atoms with van der Waals surface area (Å²) in [5, 5.41) is 9.29. The van der Waals surface area contributed by atoms with Crippen LogP contribution in [0.15, 0.2) is 24.3 Å². The Bertz CT molecular complexity index is 599. The topological polar surface area (TPSA) is 83.9 Å². The van der Waals surface area contributed by atoms with Gasteiger partial charge < -0.3 is 9.84 Å². The molecule has 1 aromatic carbocycles. The summed E-state index contributed by atoms with van der Waals surface area (Å²) in [5.74, 6) is -1.34. The van der Waals surface area contributed by atoms with E-state index in [4.69, 9.17) is 4.74 Å². The van der Waals surface area contributed by atoms with Gasteiger partial charge in [-0.2, -0.15) is 4.31 Å². The van der Waals surface area contributed by atoms with Crippen LogP contribution in [0.4, 0.5) is 0 Å². The normalized spacial score (nSPS) is 19.6. The number of hydrogen-bond acceptors (Lipinski definition) is 4. The molecule has 0 aliphatic carbocycles. The SMILES string of the molecule is COCCS(=O)(=O)N1Cc2ccccc2CC1C(=O)O. The van der Waals surface area contributed by atoms with Crippen LogP contribution >= 0.6 is 0 Å². The van der Waals surface area contributed by atoms with Crippen molar-refractivity contribution in [3.05, 3.63) is 35.4 Å². The fourth-order valence-electron chi connectivity index (χ4n) is 2.31. The average Bonchev–Trinajstić information content (AvgIpc) is 2.43. The summed E-state index contributed by atoms with van der Waals surface area (Å²) >= 11 is 0. The maximum Gasteiger partial charge on any atom is 0.322 e. The fraction of sp³-hybridized carbons (Fsp3) is 0.462. The first kappa shape index (κ1) is 15.0. The average molecular weight is 299 g/mol. The van der Waals surface area contributed by atoms with Crippen LogP contribution in [-0.2, 0) is 32.5 Å². The van der Waals surface area contributed by atoms with Crippen LogP contribution in [0.2, 0.25) is 0 Å². The van der Waals surface area contributed by atoms with Crippen LogP contribution in [0.25, 0.3) is 0 Å². The third-order valence-electron chi connectivity index (χ3n) is 3.39. The molecule has 2 rings (SSSR count). The Morgan fingerprint density at radius 3 is 2.65 bits per heavy atom. The summed E-state index contributed by atoms with van der Waals surface area (Å²) in [7, 11) is -2.24. The van der Waals surface area contributed by atoms with E-state index in [1.54, 1.807) is 0 Å². The number of methoxy groups -OCH3 is 1. The standard InChI is InChI=1S/C13H17NO5S/c1-19-6-7-20(17,18)14-9-11-5-3-2-4-10(11)8-12(14)13(15)16/h2-5,12H,6-9H2,1H3,(H,15,16). The van der Waals surface area contributed by atoms with Gasteiger partial charge in [0, 0.05) is 20.1 Å². The van der Waals surface area contributed by atoms with Crippen LogP contribution < -0.4 is 0 Å². The number of carboxylic acid groups (broad SMARTS) is 1. The highest BCUT2D eigenvalue weighted by Gasteiger charge is 2.38. The fourth-order valence-corrected chi connectivity index (χ4v) is 3.81. The minimum atomic E-state index is -3.65. The van der Waals surface area contributed by atoms with Crippen molar-refractivity contribution in [2.75, 3.05) is 19.5 Å². The van der Waals surface area contributed by atoms with Crippen molar-refractivity contribution in [3.63, 3.8) is 0 Å². The van der Waals surface area contributed by atoms with Crippen molar-refractivity contribution in [1.82, 2.24) is 4.31 Å². The number of sulfonamides is 1. The Balaban J connectivity index is 2.33. The van der Waals surface area contributed by atoms with E-state index in [2.05, 4.69) is 0 Å². The molecule has 110 valence electrons. The van der Waals surface area contributed by atoms with Crippen molar-refractivity contribution in [2.24, 2.45) is 0 Å². The second kappa shape index (κ2) is 5.90. The Labute approximate surface area is 118 Å². The van der Waals surface area contributed by atoms with Gasteiger partial charge in [-0.15, -0.1) is 0 Å². The van der Waals surface area contributed by atoms with Gasteiger partial charge in [-0.3, -0.25) is 4.79 Å². The first-order valence-corrected chi connectivity index (χ1v) is 7.84. The highest BCUT2D eigenvalue weighted by molar-refractivity contribution is 7.89. The van der Waals surface area contributed by atoms with Crippen LogP contribution in [0.3, 0.4) is 0 Å². The number of carboxylic acids is 1. The third kappa shape index (κ3) is 3.00. The second-order valence-corrected chi connectivity index (χ2v) is 6.72. The summed E-state index contributed by atoms with van der Waals surface area (Å²) in [4.78, 5) is 11.4. The van der Waals surface area contributed by atoms with E-state index >= 15 is 0 Å². The summed E-state index contributed by atoms with van der Waals surface area (Å²) in [6.45, 7) is 0.145. The van der Waals surface area contributed by atoms with Crippen LogP contribution in [0.1, 0.15) is 11.1 Å². The minimum absolute atomic E-state index is 0.0484. The number of nitrogens with zero attached hydrogens (tertiary/aromatic N) is 1. The van der Waals surface area contributed by atoms with Gasteiger partial charge in [0.05, 0.1) is 12.4 Å². The first-order valence-electron chi connectivity index (χ1n) is 6.24. The van der Waals surface area contributed by atoms with E-state index in [-0.39, 0.29) is 25.3 Å². The van der Waals surface area contributed by atoms with Gasteiger partial charge in [0.25, 0.3) is 0 Å². The number of benzene rings is 1. The molecule has 1 aliphatic heterocycles. The van der Waals surface area contributed by atoms with Crippen molar-refractivity contribution < 1.29 is 23.1 Å². The zero-order valence-corrected chi connectivity index (χ0v) is 12.0. The lowest BCUT2D eigenvalue weighted by Gasteiger charge is -2.33. The molecular formula is C13H17NO5S. The largest absolute Gasteiger partial charge is 0.480 e. The van der Waals surface area contributed by atoms with Crippen LogP contribution in [0, 0.1) is 0 Å². The Morgan fingerprint density at radius 1 is 1.40 bits per heavy atom. The molecular weight excluding hydrogens is 282 g/mol. The molecule has 1 aliphatic rings. The van der Waals surface area contributed by atoms with E-state index in [0.717, 1.165) is 15.4 Å². The second-order valence-electron chi connectivity index (χ2n) is 4.68. The summed E-state index contributed by atoms with van der Waals surface area (Å²) in [5.41, 5.74) is 1.74. The molecule has 0 bridgehead atoms. The van der Waals surface area contributed by atoms with Gasteiger partial charge >= 0.3 is 5.97 Å². The quantitative estimate of drug-likeness (QED) is 0.854. The Morgan fingerprint density at radius 2 is 2.05 bits per heavy atom. The Kier molecular flexibility index (Phi) is 4.42. The predicted octanol–water partition coefficient (Wildman–Crippen LogP) is 0.474. The van der Waals surface area contributed by atoms with Gasteiger partial charge in [0.1, 0.15) is 6.04 Å². The van der Waals surface area contributed by atoms with E-state index < -0.39 is 22.0 Å². The number of fused-ring (bicyclic) bond motifs is 1. The zero-order valence-electron chi connectivity index (χ0n) is 11.2. The number of ether oxygens (including phenoxy) is 1. The molecule has 0 radical (unpaired) electrons. The van der Waals surface area contributed by atoms with Crippen LogP contribution in [-0.4, -0.2) is 49.3 Å². The molecule has 7 heteroatoms. The number of rotatable bonds is 5. The van der Waals surface area contributed by atoms with Crippen molar-refractivity contribution in [1.29, 1.82) is 0 Å². The molecule has 1 unspecified atom stereocenters. The van der Waals surface area contributed by atoms with Gasteiger partial charge in [-0.25, -0.2) is 8.42 Å². The van der Waals surface area contributed by atoms with Gasteiger partial charge in [0.2, 0.25) is 10.0 Å². The Hall–Kier alpha value is -1.44. The molecule has 0 saturated heterocycles. The van der Waals surface area contributed by atoms with E-state index in [0.29, 0.717) is 0 Å². The van der Waals surface area contributed by atoms with Crippen molar-refractivity contribution >= 4 is 16.0 Å². The zero-order chi connectivity index (χ0) is 14.8. The minimum Gasteiger partial charge on any atom is -0.480 e. The van der Waals surface area contributed by atoms with Gasteiger partial charge in [-0.05, 0) is 11.1 Å². The van der Waals surface area contributed by atoms with E-state index in [1.165, 1.54) is 7.11 Å². The highest BCUT2D eigenvalue weighted by atomic mass is 32.2. The highest BCUT2D eigenvalue weighted by Crippen LogP contribution is 2.26. The summed E-state index contributed by atoms with van der Waals surface area (Å²) < 4.78 is 30.4. The van der Waals surface area contributed by atoms with E-state index in [9.17, 15) is 18.3 Å². The summed E-state index contributed by atoms with van der Waals surface area (Å²) in [6, 6.07) is 6.26. The molecule has 0 saturated carbocycles. The first-order chi connectivity index (χ1) is 9.45. The van der Waals surface area contributed by atoms with E-state index in [1.807, 2.05) is 24.3 Å². The number of hydrogen-bond donors (Lipinski definition) is 1. The molecule has 1 aromatic rings. The molecule has 0 fully saturated rings. The van der Waals surface area contributed by atoms with Crippen molar-refractivity contribution in [3.8, 4) is 0 Å². The number of carbonyl (C=O) groups is 1. The van der Waals surface area contributed by atoms with Crippen LogP contribution in [0.5, 0.6) is 0 Å². The lowest BCUT2D eigenvalue weighted by atomic mass is 9.96. The maximum absolute atomic E-state index is 12.3. The molecule has 0 amide bonds. The van der Waals surface area contributed by atoms with Gasteiger partial charge in [0.15, 0.2) is 0 Å². The van der Waals surface area contributed by atoms with Gasteiger partial charge in [-0.1, -0.05) is 24.3 Å². The van der Waals surface area contributed by atoms with Crippen molar-refractivity contribution in [2.45, 2.75) is 19.0 Å². The molecule has 1 atom stereocenters. The predicted molar refractivity (Wildman–Crippen MR) is 72.8 cm³/mol. The lowest BCUT2D eigenvalue weighted by Crippen LogP contribution is -2.49. The molecule has 1 heterocycles. The smallest absolute Gasteiger partial charge is 0.322 e. The summed E-state index contributed by atoms with van der Waals surface area (Å²) in [6.07, 6.45) is 0.192. The molecule has 6 nitrogen and oxygen atoms in total. The molecule has 20 heavy (non-hydrogen) atoms. The molecule has 0 spiro atoms. The third-order valence-corrected chi connectivity index (χ3v) is 5.17. The molecule has 0 aromatic heterocycles. The molecule has 1 N–H and O–H groups in total. The monoisotopic (exact) mass is 299 g/mol. The number of aliphatic carboxylic acids is 1. The maximum atomic E-state index is 12.3.